The van der Waals surface area contributed by atoms with Crippen molar-refractivity contribution in [1.29, 1.82) is 0 Å². The van der Waals surface area contributed by atoms with E-state index in [0.29, 0.717) is 32.5 Å². The molecule has 7 rings (SSSR count). The quantitative estimate of drug-likeness (QED) is 0.501. The Bertz CT molecular complexity index is 768. The highest BCUT2D eigenvalue weighted by Crippen LogP contribution is 3.16. The lowest BCUT2D eigenvalue weighted by Gasteiger charge is -2.92. The zero-order valence-electron chi connectivity index (χ0n) is 17.1. The second kappa shape index (κ2) is 2.72. The molecule has 0 nitrogen and oxygen atoms in total. The van der Waals surface area contributed by atoms with Gasteiger partial charge in [-0.25, -0.2) is 0 Å². The lowest BCUT2D eigenvalue weighted by Crippen LogP contribution is -2.87. The van der Waals surface area contributed by atoms with Crippen LogP contribution in [0.3, 0.4) is 0 Å². The van der Waals surface area contributed by atoms with E-state index < -0.39 is 0 Å². The van der Waals surface area contributed by atoms with Crippen LogP contribution in [0.15, 0.2) is 0 Å². The van der Waals surface area contributed by atoms with Gasteiger partial charge in [0.25, 0.3) is 0 Å². The standard InChI is InChI=1S/C24H36/c1-13-9-15-19(13,5)17(3)11-23(15)21(17,7)18(4)12-24(23)16-10-14(2)20(16,6)22(18,24)8/h13-16H,9-12H2,1-8H3. The molecule has 0 aromatic heterocycles. The number of hydrogen-bond donors (Lipinski definition) is 0. The van der Waals surface area contributed by atoms with Crippen LogP contribution in [-0.4, -0.2) is 0 Å². The van der Waals surface area contributed by atoms with Crippen LogP contribution >= 0.6 is 0 Å². The summed E-state index contributed by atoms with van der Waals surface area (Å²) in [7, 11) is 0. The molecule has 0 heterocycles. The average Bonchev–Trinajstić information content (AvgIpc) is 2.89. The van der Waals surface area contributed by atoms with Gasteiger partial charge in [0.05, 0.1) is 0 Å². The van der Waals surface area contributed by atoms with Crippen molar-refractivity contribution in [2.45, 2.75) is 81.1 Å². The van der Waals surface area contributed by atoms with E-state index in [4.69, 9.17) is 0 Å². The Morgan fingerprint density at radius 2 is 1.04 bits per heavy atom. The van der Waals surface area contributed by atoms with Crippen molar-refractivity contribution < 1.29 is 0 Å². The minimum atomic E-state index is 0.604. The third-order valence-electron chi connectivity index (χ3n) is 15.3. The molecular weight excluding hydrogens is 288 g/mol. The van der Waals surface area contributed by atoms with Crippen molar-refractivity contribution in [2.75, 3.05) is 0 Å². The maximum absolute atomic E-state index is 2.82. The molecule has 12 atom stereocenters. The summed E-state index contributed by atoms with van der Waals surface area (Å²) in [6.45, 7) is 21.7. The van der Waals surface area contributed by atoms with Gasteiger partial charge in [0, 0.05) is 0 Å². The summed E-state index contributed by atoms with van der Waals surface area (Å²) in [5.74, 6) is 4.06. The fourth-order valence-electron chi connectivity index (χ4n) is 14.1. The fourth-order valence-corrected chi connectivity index (χ4v) is 14.1. The Balaban J connectivity index is 1.55. The first-order valence-electron chi connectivity index (χ1n) is 10.9. The molecule has 132 valence electrons. The molecule has 12 unspecified atom stereocenters. The topological polar surface area (TPSA) is 0 Å². The third kappa shape index (κ3) is 0.592. The zero-order valence-corrected chi connectivity index (χ0v) is 17.1. The molecule has 0 saturated heterocycles. The Labute approximate surface area is 148 Å². The van der Waals surface area contributed by atoms with Crippen molar-refractivity contribution in [2.24, 2.45) is 67.0 Å². The van der Waals surface area contributed by atoms with Crippen LogP contribution in [0.1, 0.15) is 81.1 Å². The highest BCUT2D eigenvalue weighted by atomic mass is 15.1. The van der Waals surface area contributed by atoms with E-state index in [2.05, 4.69) is 55.4 Å². The smallest absolute Gasteiger partial charge is 0.0128 e. The van der Waals surface area contributed by atoms with E-state index in [1.165, 1.54) is 0 Å². The normalized spacial score (nSPS) is 87.0. The first-order valence-corrected chi connectivity index (χ1v) is 10.9. The fraction of sp³-hybridized carbons (Fsp3) is 1.00. The molecule has 7 aliphatic carbocycles. The maximum atomic E-state index is 2.82. The van der Waals surface area contributed by atoms with Crippen LogP contribution < -0.4 is 0 Å². The summed E-state index contributed by atoms with van der Waals surface area (Å²) in [5, 5.41) is 0. The van der Waals surface area contributed by atoms with E-state index >= 15 is 0 Å². The molecule has 4 bridgehead atoms. The lowest BCUT2D eigenvalue weighted by molar-refractivity contribution is -0.450. The third-order valence-corrected chi connectivity index (χ3v) is 15.3. The second-order valence-electron chi connectivity index (χ2n) is 13.2. The minimum absolute atomic E-state index is 0.604. The van der Waals surface area contributed by atoms with Crippen LogP contribution in [0, 0.1) is 67.0 Å². The van der Waals surface area contributed by atoms with Gasteiger partial charge in [-0.2, -0.15) is 0 Å². The summed E-state index contributed by atoms with van der Waals surface area (Å²) in [5.41, 5.74) is 5.26. The molecule has 7 saturated carbocycles. The van der Waals surface area contributed by atoms with Crippen LogP contribution in [0.4, 0.5) is 0 Å². The van der Waals surface area contributed by atoms with Crippen LogP contribution in [0.25, 0.3) is 0 Å². The van der Waals surface area contributed by atoms with E-state index in [1.54, 1.807) is 25.7 Å². The van der Waals surface area contributed by atoms with Gasteiger partial charge >= 0.3 is 0 Å². The molecule has 0 amide bonds. The van der Waals surface area contributed by atoms with Crippen LogP contribution in [0.5, 0.6) is 0 Å². The minimum Gasteiger partial charge on any atom is -0.0619 e. The molecule has 0 aromatic carbocycles. The monoisotopic (exact) mass is 324 g/mol. The zero-order chi connectivity index (χ0) is 17.1. The Kier molecular flexibility index (Phi) is 1.60. The number of fused-ring (bicyclic) bond motifs is 3. The SMILES string of the molecule is CC1CC2C1(C)C1(C)CC23C24CC(C)(C2(C)C2(C)C(C)CC24)C13C. The number of rotatable bonds is 0. The molecule has 0 N–H and O–H groups in total. The summed E-state index contributed by atoms with van der Waals surface area (Å²) in [6, 6.07) is 0. The van der Waals surface area contributed by atoms with Gasteiger partial charge in [-0.3, -0.25) is 0 Å². The van der Waals surface area contributed by atoms with Crippen molar-refractivity contribution in [3.8, 4) is 0 Å². The van der Waals surface area contributed by atoms with Gasteiger partial charge in [0.15, 0.2) is 0 Å². The highest BCUT2D eigenvalue weighted by Gasteiger charge is 3.12. The van der Waals surface area contributed by atoms with Gasteiger partial charge < -0.3 is 0 Å². The Morgan fingerprint density at radius 3 is 1.58 bits per heavy atom. The molecule has 0 radical (unpaired) electrons. The van der Waals surface area contributed by atoms with Gasteiger partial charge in [-0.15, -0.1) is 0 Å². The van der Waals surface area contributed by atoms with E-state index in [1.807, 2.05) is 0 Å². The molecule has 0 heteroatoms. The van der Waals surface area contributed by atoms with Gasteiger partial charge in [-0.1, -0.05) is 55.4 Å². The summed E-state index contributed by atoms with van der Waals surface area (Å²) in [6.07, 6.45) is 6.29. The predicted molar refractivity (Wildman–Crippen MR) is 97.3 cm³/mol. The van der Waals surface area contributed by atoms with Crippen molar-refractivity contribution in [3.63, 3.8) is 0 Å². The largest absolute Gasteiger partial charge is 0.0619 e. The maximum Gasteiger partial charge on any atom is -0.0128 e. The van der Waals surface area contributed by atoms with E-state index in [-0.39, 0.29) is 0 Å². The summed E-state index contributed by atoms with van der Waals surface area (Å²) in [4.78, 5) is 0. The lowest BCUT2D eigenvalue weighted by atomic mass is 9.12. The van der Waals surface area contributed by atoms with Gasteiger partial charge in [0.2, 0.25) is 0 Å². The summed E-state index contributed by atoms with van der Waals surface area (Å²) < 4.78 is 0. The van der Waals surface area contributed by atoms with Gasteiger partial charge in [-0.05, 0) is 92.7 Å². The van der Waals surface area contributed by atoms with Crippen LogP contribution in [-0.2, 0) is 0 Å². The first kappa shape index (κ1) is 14.1. The Morgan fingerprint density at radius 1 is 0.583 bits per heavy atom. The molecular formula is C24H36. The summed E-state index contributed by atoms with van der Waals surface area (Å²) >= 11 is 0. The van der Waals surface area contributed by atoms with Gasteiger partial charge in [0.1, 0.15) is 0 Å². The van der Waals surface area contributed by atoms with Crippen molar-refractivity contribution in [3.05, 3.63) is 0 Å². The van der Waals surface area contributed by atoms with E-state index in [0.717, 1.165) is 34.5 Å². The molecule has 0 aliphatic heterocycles. The van der Waals surface area contributed by atoms with Crippen LogP contribution in [0.2, 0.25) is 0 Å². The first-order chi connectivity index (χ1) is 10.9. The molecule has 0 spiro atoms. The molecule has 7 aliphatic rings. The number of hydrogen-bond acceptors (Lipinski definition) is 0. The molecule has 7 fully saturated rings. The predicted octanol–water partition coefficient (Wildman–Crippen LogP) is 6.16. The van der Waals surface area contributed by atoms with Crippen molar-refractivity contribution in [1.82, 2.24) is 0 Å². The average molecular weight is 325 g/mol. The Hall–Kier alpha value is 0. The van der Waals surface area contributed by atoms with Crippen molar-refractivity contribution >= 4 is 0 Å². The second-order valence-corrected chi connectivity index (χ2v) is 13.2. The highest BCUT2D eigenvalue weighted by molar-refractivity contribution is 5.58. The molecule has 24 heavy (non-hydrogen) atoms. The molecule has 0 aromatic rings. The van der Waals surface area contributed by atoms with E-state index in [9.17, 15) is 0 Å².